The summed E-state index contributed by atoms with van der Waals surface area (Å²) in [6, 6.07) is 8.00. The lowest BCUT2D eigenvalue weighted by molar-refractivity contribution is 0.201. The van der Waals surface area contributed by atoms with E-state index >= 15 is 0 Å². The molecule has 1 unspecified atom stereocenters. The van der Waals surface area contributed by atoms with Gasteiger partial charge < -0.3 is 10.3 Å². The molecule has 25 heavy (non-hydrogen) atoms. The van der Waals surface area contributed by atoms with Crippen molar-refractivity contribution in [2.75, 3.05) is 12.3 Å². The highest BCUT2D eigenvalue weighted by atomic mass is 35.5. The summed E-state index contributed by atoms with van der Waals surface area (Å²) in [6.45, 7) is 1.80. The first-order chi connectivity index (χ1) is 12.2. The molecule has 7 nitrogen and oxygen atoms in total. The van der Waals surface area contributed by atoms with Crippen LogP contribution < -0.4 is 5.73 Å². The Morgan fingerprint density at radius 1 is 1.28 bits per heavy atom. The van der Waals surface area contributed by atoms with Crippen molar-refractivity contribution in [1.82, 2.24) is 25.0 Å². The fourth-order valence-electron chi connectivity index (χ4n) is 3.11. The summed E-state index contributed by atoms with van der Waals surface area (Å²) in [6.07, 6.45) is 5.06. The maximum atomic E-state index is 5.96. The van der Waals surface area contributed by atoms with Crippen LogP contribution in [0, 0.1) is 0 Å². The van der Waals surface area contributed by atoms with E-state index in [0.717, 1.165) is 31.0 Å². The molecular formula is C17H17ClN6O. The van der Waals surface area contributed by atoms with E-state index in [1.54, 1.807) is 6.20 Å². The molecule has 1 aromatic carbocycles. The Morgan fingerprint density at radius 2 is 2.12 bits per heavy atom. The van der Waals surface area contributed by atoms with Crippen molar-refractivity contribution in [3.05, 3.63) is 53.3 Å². The Balaban J connectivity index is 1.55. The van der Waals surface area contributed by atoms with Crippen molar-refractivity contribution >= 4 is 17.4 Å². The van der Waals surface area contributed by atoms with Crippen LogP contribution in [0.4, 0.5) is 5.82 Å². The molecule has 1 atom stereocenters. The summed E-state index contributed by atoms with van der Waals surface area (Å²) in [4.78, 5) is 14.8. The van der Waals surface area contributed by atoms with Gasteiger partial charge in [-0.05, 0) is 37.1 Å². The molecule has 3 heterocycles. The first-order valence-corrected chi connectivity index (χ1v) is 8.46. The number of likely N-dealkylation sites (tertiary alicyclic amines) is 1. The molecular weight excluding hydrogens is 340 g/mol. The Kier molecular flexibility index (Phi) is 4.33. The van der Waals surface area contributed by atoms with Gasteiger partial charge in [-0.15, -0.1) is 0 Å². The fraction of sp³-hybridized carbons (Fsp3) is 0.294. The Morgan fingerprint density at radius 3 is 2.92 bits per heavy atom. The predicted molar refractivity (Wildman–Crippen MR) is 93.6 cm³/mol. The van der Waals surface area contributed by atoms with Crippen LogP contribution in [0.1, 0.15) is 30.3 Å². The van der Waals surface area contributed by atoms with Crippen molar-refractivity contribution in [3.8, 4) is 11.4 Å². The number of hydrogen-bond acceptors (Lipinski definition) is 7. The SMILES string of the molecule is Nc1ncncc1-c1noc(C2CCCN2Cc2ccc(Cl)cc2)n1. The maximum absolute atomic E-state index is 5.96. The van der Waals surface area contributed by atoms with E-state index in [9.17, 15) is 0 Å². The monoisotopic (exact) mass is 356 g/mol. The van der Waals surface area contributed by atoms with Gasteiger partial charge in [0.25, 0.3) is 0 Å². The normalized spacial score (nSPS) is 17.9. The summed E-state index contributed by atoms with van der Waals surface area (Å²) < 4.78 is 5.51. The molecule has 0 spiro atoms. The highest BCUT2D eigenvalue weighted by Gasteiger charge is 2.31. The molecule has 8 heteroatoms. The molecule has 0 aliphatic carbocycles. The van der Waals surface area contributed by atoms with Crippen LogP contribution in [0.15, 0.2) is 41.3 Å². The molecule has 3 aromatic rings. The first-order valence-electron chi connectivity index (χ1n) is 8.08. The largest absolute Gasteiger partial charge is 0.383 e. The van der Waals surface area contributed by atoms with Gasteiger partial charge in [-0.3, -0.25) is 4.90 Å². The van der Waals surface area contributed by atoms with Gasteiger partial charge in [0.1, 0.15) is 12.1 Å². The number of benzene rings is 1. The number of nitrogens with zero attached hydrogens (tertiary/aromatic N) is 5. The number of nitrogens with two attached hydrogens (primary N) is 1. The van der Waals surface area contributed by atoms with Crippen LogP contribution in [-0.4, -0.2) is 31.6 Å². The van der Waals surface area contributed by atoms with Gasteiger partial charge in [-0.1, -0.05) is 28.9 Å². The van der Waals surface area contributed by atoms with Gasteiger partial charge in [-0.25, -0.2) is 9.97 Å². The summed E-state index contributed by atoms with van der Waals surface area (Å²) in [5.41, 5.74) is 7.65. The summed E-state index contributed by atoms with van der Waals surface area (Å²) in [7, 11) is 0. The van der Waals surface area contributed by atoms with Gasteiger partial charge in [-0.2, -0.15) is 4.98 Å². The van der Waals surface area contributed by atoms with Gasteiger partial charge in [0.15, 0.2) is 0 Å². The average Bonchev–Trinajstić information content (AvgIpc) is 3.26. The Hall–Kier alpha value is -2.51. The standard InChI is InChI=1S/C17H17ClN6O/c18-12-5-3-11(4-6-12)9-24-7-1-2-14(24)17-22-16(23-25-17)13-8-20-10-21-15(13)19/h3-6,8,10,14H,1-2,7,9H2,(H2,19,20,21). The van der Waals surface area contributed by atoms with E-state index in [4.69, 9.17) is 21.9 Å². The lowest BCUT2D eigenvalue weighted by Gasteiger charge is -2.21. The number of halogens is 1. The smallest absolute Gasteiger partial charge is 0.244 e. The van der Waals surface area contributed by atoms with E-state index in [2.05, 4.69) is 25.0 Å². The van der Waals surface area contributed by atoms with E-state index in [1.807, 2.05) is 24.3 Å². The highest BCUT2D eigenvalue weighted by Crippen LogP contribution is 2.33. The first kappa shape index (κ1) is 16.0. The molecule has 1 aliphatic rings. The number of hydrogen-bond donors (Lipinski definition) is 1. The molecule has 1 aliphatic heterocycles. The van der Waals surface area contributed by atoms with Gasteiger partial charge >= 0.3 is 0 Å². The lowest BCUT2D eigenvalue weighted by atomic mass is 10.2. The van der Waals surface area contributed by atoms with Crippen LogP contribution in [0.25, 0.3) is 11.4 Å². The number of nitrogen functional groups attached to an aromatic ring is 1. The van der Waals surface area contributed by atoms with Gasteiger partial charge in [0.05, 0.1) is 11.6 Å². The van der Waals surface area contributed by atoms with Crippen LogP contribution in [0.5, 0.6) is 0 Å². The molecule has 0 saturated carbocycles. The summed E-state index contributed by atoms with van der Waals surface area (Å²) in [5, 5.41) is 4.80. The lowest BCUT2D eigenvalue weighted by Crippen LogP contribution is -2.23. The zero-order valence-corrected chi connectivity index (χ0v) is 14.2. The van der Waals surface area contributed by atoms with Crippen molar-refractivity contribution < 1.29 is 4.52 Å². The minimum atomic E-state index is 0.0998. The third-order valence-corrected chi connectivity index (χ3v) is 4.63. The number of aromatic nitrogens is 4. The second kappa shape index (κ2) is 6.78. The Bertz CT molecular complexity index is 866. The predicted octanol–water partition coefficient (Wildman–Crippen LogP) is 3.10. The molecule has 2 aromatic heterocycles. The summed E-state index contributed by atoms with van der Waals surface area (Å²) >= 11 is 5.96. The molecule has 0 bridgehead atoms. The molecule has 4 rings (SSSR count). The molecule has 2 N–H and O–H groups in total. The maximum Gasteiger partial charge on any atom is 0.244 e. The minimum Gasteiger partial charge on any atom is -0.383 e. The minimum absolute atomic E-state index is 0.0998. The third kappa shape index (κ3) is 3.33. The van der Waals surface area contributed by atoms with Crippen LogP contribution in [0.3, 0.4) is 0 Å². The van der Waals surface area contributed by atoms with Crippen molar-refractivity contribution in [2.45, 2.75) is 25.4 Å². The average molecular weight is 357 g/mol. The van der Waals surface area contributed by atoms with E-state index in [-0.39, 0.29) is 6.04 Å². The zero-order valence-electron chi connectivity index (χ0n) is 13.5. The van der Waals surface area contributed by atoms with Gasteiger partial charge in [0, 0.05) is 17.8 Å². The topological polar surface area (TPSA) is 94.0 Å². The fourth-order valence-corrected chi connectivity index (χ4v) is 3.24. The Labute approximate surface area is 149 Å². The van der Waals surface area contributed by atoms with Crippen molar-refractivity contribution in [1.29, 1.82) is 0 Å². The van der Waals surface area contributed by atoms with E-state index in [0.29, 0.717) is 23.1 Å². The van der Waals surface area contributed by atoms with Gasteiger partial charge in [0.2, 0.25) is 11.7 Å². The second-order valence-corrected chi connectivity index (χ2v) is 6.47. The van der Waals surface area contributed by atoms with Crippen molar-refractivity contribution in [2.24, 2.45) is 0 Å². The molecule has 1 fully saturated rings. The quantitative estimate of drug-likeness (QED) is 0.767. The molecule has 1 saturated heterocycles. The molecule has 0 amide bonds. The zero-order chi connectivity index (χ0) is 17.2. The molecule has 0 radical (unpaired) electrons. The summed E-state index contributed by atoms with van der Waals surface area (Å²) in [5.74, 6) is 1.36. The van der Waals surface area contributed by atoms with E-state index < -0.39 is 0 Å². The molecule has 128 valence electrons. The third-order valence-electron chi connectivity index (χ3n) is 4.37. The second-order valence-electron chi connectivity index (χ2n) is 6.03. The number of anilines is 1. The van der Waals surface area contributed by atoms with Crippen LogP contribution >= 0.6 is 11.6 Å². The number of rotatable bonds is 4. The van der Waals surface area contributed by atoms with Crippen molar-refractivity contribution in [3.63, 3.8) is 0 Å². The highest BCUT2D eigenvalue weighted by molar-refractivity contribution is 6.30. The van der Waals surface area contributed by atoms with Crippen LogP contribution in [0.2, 0.25) is 5.02 Å². The van der Waals surface area contributed by atoms with Crippen LogP contribution in [-0.2, 0) is 6.54 Å². The van der Waals surface area contributed by atoms with E-state index in [1.165, 1.54) is 11.9 Å².